The highest BCUT2D eigenvalue weighted by Crippen LogP contribution is 2.43. The predicted octanol–water partition coefficient (Wildman–Crippen LogP) is 3.05. The summed E-state index contributed by atoms with van der Waals surface area (Å²) in [5.41, 5.74) is -1.61. The number of hydrogen-bond donors (Lipinski definition) is 1. The van der Waals surface area contributed by atoms with Gasteiger partial charge in [-0.15, -0.1) is 0 Å². The van der Waals surface area contributed by atoms with Gasteiger partial charge in [0.1, 0.15) is 11.1 Å². The highest BCUT2D eigenvalue weighted by molar-refractivity contribution is 5.98. The van der Waals surface area contributed by atoms with Crippen molar-refractivity contribution in [3.63, 3.8) is 0 Å². The van der Waals surface area contributed by atoms with Gasteiger partial charge in [-0.25, -0.2) is 4.79 Å². The number of hydrogen-bond acceptors (Lipinski definition) is 3. The van der Waals surface area contributed by atoms with Gasteiger partial charge in [0.15, 0.2) is 5.78 Å². The van der Waals surface area contributed by atoms with Crippen LogP contribution in [0.5, 0.6) is 0 Å². The van der Waals surface area contributed by atoms with E-state index in [2.05, 4.69) is 5.32 Å². The molecule has 18 heavy (non-hydrogen) atoms. The zero-order valence-electron chi connectivity index (χ0n) is 12.3. The third-order valence-electron chi connectivity index (χ3n) is 3.42. The molecule has 1 aliphatic rings. The first-order valence-corrected chi connectivity index (χ1v) is 6.58. The highest BCUT2D eigenvalue weighted by atomic mass is 16.6. The summed E-state index contributed by atoms with van der Waals surface area (Å²) in [4.78, 5) is 24.2. The second-order valence-electron chi connectivity index (χ2n) is 6.78. The first-order valence-electron chi connectivity index (χ1n) is 6.58. The zero-order valence-corrected chi connectivity index (χ0v) is 12.3. The molecule has 1 rings (SSSR count). The monoisotopic (exact) mass is 255 g/mol. The molecule has 1 fully saturated rings. The lowest BCUT2D eigenvalue weighted by Gasteiger charge is -2.28. The summed E-state index contributed by atoms with van der Waals surface area (Å²) in [7, 11) is 0. The second-order valence-corrected chi connectivity index (χ2v) is 6.78. The van der Waals surface area contributed by atoms with Gasteiger partial charge in [-0.1, -0.05) is 20.8 Å². The van der Waals surface area contributed by atoms with E-state index < -0.39 is 22.6 Å². The fourth-order valence-electron chi connectivity index (χ4n) is 1.84. The Morgan fingerprint density at radius 3 is 2.00 bits per heavy atom. The molecular weight excluding hydrogens is 230 g/mol. The fourth-order valence-corrected chi connectivity index (χ4v) is 1.84. The molecule has 1 aliphatic carbocycles. The lowest BCUT2D eigenvalue weighted by atomic mass is 9.80. The summed E-state index contributed by atoms with van der Waals surface area (Å²) in [5, 5.41) is 2.75. The van der Waals surface area contributed by atoms with E-state index in [0.717, 1.165) is 6.42 Å². The zero-order chi connectivity index (χ0) is 14.2. The molecule has 4 heteroatoms. The lowest BCUT2D eigenvalue weighted by molar-refractivity contribution is -0.130. The third kappa shape index (κ3) is 3.47. The maximum absolute atomic E-state index is 12.4. The smallest absolute Gasteiger partial charge is 0.408 e. The molecule has 0 heterocycles. The first kappa shape index (κ1) is 15.0. The minimum atomic E-state index is -0.679. The molecule has 0 radical (unpaired) electrons. The highest BCUT2D eigenvalue weighted by Gasteiger charge is 2.55. The summed E-state index contributed by atoms with van der Waals surface area (Å²) in [6.07, 6.45) is 1.70. The molecule has 1 saturated carbocycles. The maximum Gasteiger partial charge on any atom is 0.408 e. The summed E-state index contributed by atoms with van der Waals surface area (Å²) >= 11 is 0. The number of carbonyl (C=O) groups is 2. The van der Waals surface area contributed by atoms with Gasteiger partial charge in [-0.2, -0.15) is 0 Å². The van der Waals surface area contributed by atoms with Gasteiger partial charge in [-0.05, 0) is 40.0 Å². The summed E-state index contributed by atoms with van der Waals surface area (Å²) in [6, 6.07) is 0. The lowest BCUT2D eigenvalue weighted by Crippen LogP contribution is -2.49. The van der Waals surface area contributed by atoms with E-state index >= 15 is 0 Å². The van der Waals surface area contributed by atoms with Crippen LogP contribution in [0.1, 0.15) is 60.8 Å². The van der Waals surface area contributed by atoms with Crippen LogP contribution in [-0.2, 0) is 9.53 Å². The van der Waals surface area contributed by atoms with Crippen LogP contribution in [0, 0.1) is 5.41 Å². The molecule has 0 aromatic rings. The largest absolute Gasteiger partial charge is 0.444 e. The Morgan fingerprint density at radius 2 is 1.67 bits per heavy atom. The molecule has 0 spiro atoms. The van der Waals surface area contributed by atoms with Crippen LogP contribution in [0.2, 0.25) is 0 Å². The van der Waals surface area contributed by atoms with E-state index in [1.54, 1.807) is 0 Å². The molecular formula is C14H25NO3. The van der Waals surface area contributed by atoms with E-state index in [4.69, 9.17) is 4.74 Å². The van der Waals surface area contributed by atoms with Gasteiger partial charge in [0, 0.05) is 5.41 Å². The first-order chi connectivity index (χ1) is 8.02. The van der Waals surface area contributed by atoms with Crippen LogP contribution in [-0.4, -0.2) is 23.0 Å². The number of ketones is 1. The molecule has 0 unspecified atom stereocenters. The standard InChI is InChI=1S/C14H25NO3/c1-7-13(5,6)10(16)14(8-9-14)15-11(17)18-12(2,3)4/h7-9H2,1-6H3,(H,15,17). The molecule has 0 aromatic heterocycles. The molecule has 4 nitrogen and oxygen atoms in total. The van der Waals surface area contributed by atoms with Gasteiger partial charge in [0.25, 0.3) is 0 Å². The van der Waals surface area contributed by atoms with Crippen LogP contribution >= 0.6 is 0 Å². The van der Waals surface area contributed by atoms with Crippen molar-refractivity contribution in [2.75, 3.05) is 0 Å². The van der Waals surface area contributed by atoms with Gasteiger partial charge in [-0.3, -0.25) is 4.79 Å². The Bertz CT molecular complexity index is 349. The third-order valence-corrected chi connectivity index (χ3v) is 3.42. The number of amides is 1. The Kier molecular flexibility index (Phi) is 3.80. The fraction of sp³-hybridized carbons (Fsp3) is 0.857. The van der Waals surface area contributed by atoms with Crippen LogP contribution in [0.25, 0.3) is 0 Å². The Balaban J connectivity index is 2.67. The molecule has 1 amide bonds. The van der Waals surface area contributed by atoms with Crippen LogP contribution in [0.4, 0.5) is 4.79 Å². The van der Waals surface area contributed by atoms with Crippen molar-refractivity contribution in [1.29, 1.82) is 0 Å². The molecule has 1 N–H and O–H groups in total. The molecule has 0 aromatic carbocycles. The van der Waals surface area contributed by atoms with Crippen molar-refractivity contribution in [2.45, 2.75) is 71.9 Å². The van der Waals surface area contributed by atoms with E-state index in [1.165, 1.54) is 0 Å². The van der Waals surface area contributed by atoms with Crippen molar-refractivity contribution in [3.8, 4) is 0 Å². The van der Waals surface area contributed by atoms with E-state index in [1.807, 2.05) is 41.5 Å². The van der Waals surface area contributed by atoms with E-state index in [0.29, 0.717) is 12.8 Å². The van der Waals surface area contributed by atoms with Crippen molar-refractivity contribution in [2.24, 2.45) is 5.41 Å². The van der Waals surface area contributed by atoms with Crippen molar-refractivity contribution in [3.05, 3.63) is 0 Å². The molecule has 0 bridgehead atoms. The molecule has 0 saturated heterocycles. The Morgan fingerprint density at radius 1 is 1.17 bits per heavy atom. The summed E-state index contributed by atoms with van der Waals surface area (Å²) in [6.45, 7) is 11.3. The molecule has 104 valence electrons. The van der Waals surface area contributed by atoms with Gasteiger partial charge in [0.2, 0.25) is 0 Å². The predicted molar refractivity (Wildman–Crippen MR) is 70.4 cm³/mol. The maximum atomic E-state index is 12.4. The number of alkyl carbamates (subject to hydrolysis) is 1. The second kappa shape index (κ2) is 4.56. The van der Waals surface area contributed by atoms with E-state index in [9.17, 15) is 9.59 Å². The van der Waals surface area contributed by atoms with Crippen LogP contribution < -0.4 is 5.32 Å². The number of ether oxygens (including phenoxy) is 1. The minimum Gasteiger partial charge on any atom is -0.444 e. The number of nitrogens with one attached hydrogen (secondary N) is 1. The van der Waals surface area contributed by atoms with Crippen LogP contribution in [0.3, 0.4) is 0 Å². The van der Waals surface area contributed by atoms with Crippen molar-refractivity contribution in [1.82, 2.24) is 5.32 Å². The average molecular weight is 255 g/mol. The van der Waals surface area contributed by atoms with E-state index in [-0.39, 0.29) is 5.78 Å². The van der Waals surface area contributed by atoms with Gasteiger partial charge < -0.3 is 10.1 Å². The number of Topliss-reactive ketones (excluding diaryl/α,β-unsaturated/α-hetero) is 1. The Hall–Kier alpha value is -1.06. The van der Waals surface area contributed by atoms with Gasteiger partial charge >= 0.3 is 6.09 Å². The normalized spacial score (nSPS) is 18.1. The van der Waals surface area contributed by atoms with Crippen molar-refractivity contribution >= 4 is 11.9 Å². The Labute approximate surface area is 109 Å². The van der Waals surface area contributed by atoms with Gasteiger partial charge in [0.05, 0.1) is 0 Å². The number of rotatable bonds is 4. The summed E-state index contributed by atoms with van der Waals surface area (Å²) < 4.78 is 5.21. The minimum absolute atomic E-state index is 0.114. The quantitative estimate of drug-likeness (QED) is 0.840. The number of carbonyl (C=O) groups excluding carboxylic acids is 2. The average Bonchev–Trinajstić information content (AvgIpc) is 2.94. The molecule has 0 aliphatic heterocycles. The van der Waals surface area contributed by atoms with Crippen LogP contribution in [0.15, 0.2) is 0 Å². The molecule has 0 atom stereocenters. The summed E-state index contributed by atoms with van der Waals surface area (Å²) in [5.74, 6) is 0.114. The topological polar surface area (TPSA) is 55.4 Å². The van der Waals surface area contributed by atoms with Crippen molar-refractivity contribution < 1.29 is 14.3 Å². The SMILES string of the molecule is CCC(C)(C)C(=O)C1(NC(=O)OC(C)(C)C)CC1.